The van der Waals surface area contributed by atoms with Crippen LogP contribution in [0.3, 0.4) is 0 Å². The van der Waals surface area contributed by atoms with E-state index >= 15 is 0 Å². The summed E-state index contributed by atoms with van der Waals surface area (Å²) in [5.74, 6) is 0. The number of hydrogen-bond acceptors (Lipinski definition) is 3. The molecule has 2 aromatic heterocycles. The van der Waals surface area contributed by atoms with Crippen LogP contribution in [-0.4, -0.2) is 11.5 Å². The number of pyridine rings is 1. The van der Waals surface area contributed by atoms with E-state index in [0.29, 0.717) is 0 Å². The largest absolute Gasteiger partial charge is 0.438 e. The van der Waals surface area contributed by atoms with E-state index in [4.69, 9.17) is 4.42 Å². The minimum absolute atomic E-state index is 0.101. The van der Waals surface area contributed by atoms with Crippen LogP contribution >= 0.6 is 0 Å². The highest BCUT2D eigenvalue weighted by Gasteiger charge is 2.24. The van der Waals surface area contributed by atoms with Crippen molar-refractivity contribution in [3.8, 4) is 0 Å². The number of rotatable bonds is 3. The van der Waals surface area contributed by atoms with Gasteiger partial charge in [-0.05, 0) is 51.1 Å². The van der Waals surface area contributed by atoms with Gasteiger partial charge < -0.3 is 9.73 Å². The molecule has 0 spiro atoms. The van der Waals surface area contributed by atoms with Crippen molar-refractivity contribution in [1.82, 2.24) is 10.3 Å². The van der Waals surface area contributed by atoms with Crippen molar-refractivity contribution < 1.29 is 4.42 Å². The third kappa shape index (κ3) is 1.98. The molecule has 1 N–H and O–H groups in total. The van der Waals surface area contributed by atoms with E-state index in [1.165, 1.54) is 10.9 Å². The molecule has 0 aliphatic rings. The van der Waals surface area contributed by atoms with Crippen LogP contribution in [0.4, 0.5) is 0 Å². The Hall–Kier alpha value is -1.87. The second kappa shape index (κ2) is 4.60. The molecule has 3 heteroatoms. The van der Waals surface area contributed by atoms with Crippen molar-refractivity contribution >= 4 is 22.1 Å². The summed E-state index contributed by atoms with van der Waals surface area (Å²) in [6.07, 6.45) is 0. The molecule has 104 valence electrons. The first kappa shape index (κ1) is 13.1. The van der Waals surface area contributed by atoms with E-state index in [1.807, 2.05) is 25.1 Å². The first-order chi connectivity index (χ1) is 9.53. The highest BCUT2D eigenvalue weighted by molar-refractivity contribution is 6.05. The van der Waals surface area contributed by atoms with Gasteiger partial charge in [0.2, 0.25) is 5.71 Å². The van der Waals surface area contributed by atoms with Crippen LogP contribution in [-0.2, 0) is 5.54 Å². The quantitative estimate of drug-likeness (QED) is 0.776. The van der Waals surface area contributed by atoms with Gasteiger partial charge in [-0.1, -0.05) is 19.1 Å². The fraction of sp³-hybridized carbons (Fsp3) is 0.353. The molecular formula is C17H20N2O. The number of fused-ring (bicyclic) bond motifs is 3. The second-order valence-corrected chi connectivity index (χ2v) is 5.74. The van der Waals surface area contributed by atoms with E-state index < -0.39 is 0 Å². The molecule has 2 heterocycles. The van der Waals surface area contributed by atoms with Crippen LogP contribution in [0.2, 0.25) is 0 Å². The lowest BCUT2D eigenvalue weighted by Crippen LogP contribution is -2.36. The first-order valence-electron chi connectivity index (χ1n) is 7.07. The van der Waals surface area contributed by atoms with Crippen molar-refractivity contribution in [2.75, 3.05) is 6.54 Å². The molecule has 0 fully saturated rings. The Morgan fingerprint density at radius 1 is 1.20 bits per heavy atom. The van der Waals surface area contributed by atoms with Gasteiger partial charge in [-0.3, -0.25) is 0 Å². The minimum Gasteiger partial charge on any atom is -0.438 e. The number of hydrogen-bond donors (Lipinski definition) is 1. The van der Waals surface area contributed by atoms with Gasteiger partial charge in [-0.15, -0.1) is 0 Å². The standard InChI is InChI=1S/C17H20N2O/c1-5-18-17(3,4)13-7-6-8-14-15(13)12-10-9-11(2)19-16(12)20-14/h6-10,18H,5H2,1-4H3. The highest BCUT2D eigenvalue weighted by Crippen LogP contribution is 2.35. The first-order valence-corrected chi connectivity index (χ1v) is 7.07. The van der Waals surface area contributed by atoms with Gasteiger partial charge in [0, 0.05) is 22.0 Å². The zero-order chi connectivity index (χ0) is 14.3. The molecule has 0 saturated carbocycles. The molecule has 0 amide bonds. The van der Waals surface area contributed by atoms with E-state index in [2.05, 4.69) is 43.2 Å². The molecular weight excluding hydrogens is 248 g/mol. The molecule has 3 nitrogen and oxygen atoms in total. The van der Waals surface area contributed by atoms with Crippen LogP contribution in [0.25, 0.3) is 22.1 Å². The van der Waals surface area contributed by atoms with Gasteiger partial charge in [0.05, 0.1) is 0 Å². The van der Waals surface area contributed by atoms with Gasteiger partial charge >= 0.3 is 0 Å². The molecule has 0 unspecified atom stereocenters. The average Bonchev–Trinajstić information content (AvgIpc) is 2.75. The molecule has 0 atom stereocenters. The fourth-order valence-electron chi connectivity index (χ4n) is 2.86. The normalized spacial score (nSPS) is 12.4. The highest BCUT2D eigenvalue weighted by atomic mass is 16.3. The van der Waals surface area contributed by atoms with Gasteiger partial charge in [0.1, 0.15) is 5.58 Å². The maximum absolute atomic E-state index is 5.91. The lowest BCUT2D eigenvalue weighted by molar-refractivity contribution is 0.419. The third-order valence-corrected chi connectivity index (χ3v) is 3.79. The zero-order valence-corrected chi connectivity index (χ0v) is 12.4. The number of aromatic nitrogens is 1. The molecule has 0 aliphatic heterocycles. The Kier molecular flexibility index (Phi) is 3.02. The molecule has 3 aromatic rings. The maximum atomic E-state index is 5.91. The fourth-order valence-corrected chi connectivity index (χ4v) is 2.86. The molecule has 20 heavy (non-hydrogen) atoms. The van der Waals surface area contributed by atoms with E-state index in [0.717, 1.165) is 28.9 Å². The Bertz CT molecular complexity index is 771. The van der Waals surface area contributed by atoms with Crippen LogP contribution in [0.1, 0.15) is 32.0 Å². The molecule has 0 bridgehead atoms. The Morgan fingerprint density at radius 2 is 2.00 bits per heavy atom. The summed E-state index contributed by atoms with van der Waals surface area (Å²) < 4.78 is 5.91. The Morgan fingerprint density at radius 3 is 2.75 bits per heavy atom. The van der Waals surface area contributed by atoms with Gasteiger partial charge in [0.25, 0.3) is 0 Å². The molecule has 0 aliphatic carbocycles. The summed E-state index contributed by atoms with van der Waals surface area (Å²) in [6.45, 7) is 9.43. The average molecular weight is 268 g/mol. The van der Waals surface area contributed by atoms with Crippen molar-refractivity contribution in [2.24, 2.45) is 0 Å². The molecule has 1 aromatic carbocycles. The van der Waals surface area contributed by atoms with Crippen molar-refractivity contribution in [3.05, 3.63) is 41.6 Å². The SMILES string of the molecule is CCNC(C)(C)c1cccc2oc3nc(C)ccc3c12. The summed E-state index contributed by atoms with van der Waals surface area (Å²) in [4.78, 5) is 4.49. The monoisotopic (exact) mass is 268 g/mol. The zero-order valence-electron chi connectivity index (χ0n) is 12.4. The molecule has 3 rings (SSSR count). The number of benzene rings is 1. The van der Waals surface area contributed by atoms with Crippen LogP contribution in [0.5, 0.6) is 0 Å². The maximum Gasteiger partial charge on any atom is 0.227 e. The lowest BCUT2D eigenvalue weighted by Gasteiger charge is -2.27. The topological polar surface area (TPSA) is 38.1 Å². The van der Waals surface area contributed by atoms with E-state index in [9.17, 15) is 0 Å². The van der Waals surface area contributed by atoms with Crippen molar-refractivity contribution in [2.45, 2.75) is 33.2 Å². The number of furan rings is 1. The van der Waals surface area contributed by atoms with Gasteiger partial charge in [0.15, 0.2) is 0 Å². The van der Waals surface area contributed by atoms with Gasteiger partial charge in [-0.2, -0.15) is 0 Å². The van der Waals surface area contributed by atoms with Gasteiger partial charge in [-0.25, -0.2) is 4.98 Å². The predicted octanol–water partition coefficient (Wildman–Crippen LogP) is 4.13. The second-order valence-electron chi connectivity index (χ2n) is 5.74. The summed E-state index contributed by atoms with van der Waals surface area (Å²) in [7, 11) is 0. The van der Waals surface area contributed by atoms with E-state index in [1.54, 1.807) is 0 Å². The van der Waals surface area contributed by atoms with Crippen molar-refractivity contribution in [1.29, 1.82) is 0 Å². The summed E-state index contributed by atoms with van der Waals surface area (Å²) in [5, 5.41) is 5.79. The predicted molar refractivity (Wildman–Crippen MR) is 83.0 cm³/mol. The number of nitrogens with zero attached hydrogens (tertiary/aromatic N) is 1. The smallest absolute Gasteiger partial charge is 0.227 e. The molecule has 0 saturated heterocycles. The minimum atomic E-state index is -0.101. The van der Waals surface area contributed by atoms with Crippen LogP contribution < -0.4 is 5.32 Å². The number of aryl methyl sites for hydroxylation is 1. The Balaban J connectivity index is 2.36. The lowest BCUT2D eigenvalue weighted by atomic mass is 9.90. The van der Waals surface area contributed by atoms with Crippen LogP contribution in [0.15, 0.2) is 34.7 Å². The summed E-state index contributed by atoms with van der Waals surface area (Å²) in [5.41, 5.74) is 3.75. The summed E-state index contributed by atoms with van der Waals surface area (Å²) >= 11 is 0. The molecule has 0 radical (unpaired) electrons. The summed E-state index contributed by atoms with van der Waals surface area (Å²) in [6, 6.07) is 10.4. The van der Waals surface area contributed by atoms with Crippen LogP contribution in [0, 0.1) is 6.92 Å². The van der Waals surface area contributed by atoms with Crippen molar-refractivity contribution in [3.63, 3.8) is 0 Å². The Labute approximate surface area is 119 Å². The number of nitrogens with one attached hydrogen (secondary N) is 1. The third-order valence-electron chi connectivity index (χ3n) is 3.79. The van der Waals surface area contributed by atoms with E-state index in [-0.39, 0.29) is 5.54 Å².